The summed E-state index contributed by atoms with van der Waals surface area (Å²) in [5, 5.41) is 1.78. The van der Waals surface area contributed by atoms with Crippen LogP contribution in [0.5, 0.6) is 0 Å². The van der Waals surface area contributed by atoms with Crippen LogP contribution in [0, 0.1) is 0 Å². The number of hydrogen-bond acceptors (Lipinski definition) is 3. The molecule has 2 aromatic carbocycles. The maximum atomic E-state index is 12.5. The predicted octanol–water partition coefficient (Wildman–Crippen LogP) is 4.52. The molecule has 0 fully saturated rings. The Labute approximate surface area is 145 Å². The molecule has 4 nitrogen and oxygen atoms in total. The van der Waals surface area contributed by atoms with Crippen LogP contribution in [0.1, 0.15) is 26.3 Å². The molecule has 0 spiro atoms. The smallest absolute Gasteiger partial charge is 0.262 e. The zero-order chi connectivity index (χ0) is 17.4. The Hall–Kier alpha value is -1.37. The number of nitrogens with one attached hydrogen (secondary N) is 1. The molecule has 1 N–H and O–H groups in total. The van der Waals surface area contributed by atoms with Gasteiger partial charge in [0.05, 0.1) is 5.69 Å². The van der Waals surface area contributed by atoms with Crippen molar-refractivity contribution in [3.05, 3.63) is 35.9 Å². The Bertz CT molecular complexity index is 852. The minimum Gasteiger partial charge on any atom is -0.416 e. The fourth-order valence-corrected chi connectivity index (χ4v) is 7.83. The molecule has 24 heavy (non-hydrogen) atoms. The van der Waals surface area contributed by atoms with Gasteiger partial charge >= 0.3 is 0 Å². The van der Waals surface area contributed by atoms with Gasteiger partial charge in [0, 0.05) is 12.0 Å². The average Bonchev–Trinajstić information content (AvgIpc) is 2.86. The first-order chi connectivity index (χ1) is 11.5. The van der Waals surface area contributed by atoms with Crippen LogP contribution in [0.3, 0.4) is 0 Å². The summed E-state index contributed by atoms with van der Waals surface area (Å²) in [5.41, 5.74) is 1.54. The van der Waals surface area contributed by atoms with E-state index in [2.05, 4.69) is 25.5 Å². The fraction of sp³-hybridized carbons (Fsp3) is 0.444. The van der Waals surface area contributed by atoms with Crippen LogP contribution in [0.25, 0.3) is 10.8 Å². The van der Waals surface area contributed by atoms with E-state index in [1.807, 2.05) is 30.3 Å². The van der Waals surface area contributed by atoms with Crippen LogP contribution < -0.4 is 4.72 Å². The average molecular weight is 364 g/mol. The molecule has 6 heteroatoms. The number of sulfonamides is 1. The lowest BCUT2D eigenvalue weighted by atomic mass is 10.0. The Kier molecular flexibility index (Phi) is 4.73. The van der Waals surface area contributed by atoms with Crippen LogP contribution in [-0.2, 0) is 20.9 Å². The zero-order valence-electron chi connectivity index (χ0n) is 14.6. The summed E-state index contributed by atoms with van der Waals surface area (Å²) >= 11 is 0. The minimum absolute atomic E-state index is 0.441. The molecule has 0 bridgehead atoms. The van der Waals surface area contributed by atoms with E-state index in [1.165, 1.54) is 0 Å². The monoisotopic (exact) mass is 363 g/mol. The number of hydrogen-bond donors (Lipinski definition) is 1. The Morgan fingerprint density at radius 3 is 2.42 bits per heavy atom. The van der Waals surface area contributed by atoms with Gasteiger partial charge in [0.2, 0.25) is 0 Å². The fourth-order valence-electron chi connectivity index (χ4n) is 3.61. The van der Waals surface area contributed by atoms with Crippen molar-refractivity contribution in [2.45, 2.75) is 50.2 Å². The van der Waals surface area contributed by atoms with Gasteiger partial charge in [-0.2, -0.15) is 0 Å². The third-order valence-corrected chi connectivity index (χ3v) is 11.5. The van der Waals surface area contributed by atoms with Crippen molar-refractivity contribution < 1.29 is 12.8 Å². The first-order valence-electron chi connectivity index (χ1n) is 8.67. The third kappa shape index (κ3) is 2.87. The van der Waals surface area contributed by atoms with Crippen molar-refractivity contribution >= 4 is 34.8 Å². The van der Waals surface area contributed by atoms with Crippen molar-refractivity contribution in [2.75, 3.05) is 11.3 Å². The van der Waals surface area contributed by atoms with E-state index in [1.54, 1.807) is 0 Å². The molecule has 1 heterocycles. The van der Waals surface area contributed by atoms with Crippen molar-refractivity contribution in [1.29, 1.82) is 0 Å². The molecule has 0 amide bonds. The van der Waals surface area contributed by atoms with Gasteiger partial charge in [-0.15, -0.1) is 0 Å². The van der Waals surface area contributed by atoms with E-state index in [9.17, 15) is 8.42 Å². The molecular formula is C18H25NO3SSi. The molecule has 1 aliphatic heterocycles. The topological polar surface area (TPSA) is 55.4 Å². The molecule has 2 aromatic rings. The van der Waals surface area contributed by atoms with E-state index < -0.39 is 18.3 Å². The minimum atomic E-state index is -3.47. The third-order valence-electron chi connectivity index (χ3n) is 5.31. The molecule has 0 saturated heterocycles. The normalized spacial score (nSPS) is 15.6. The summed E-state index contributed by atoms with van der Waals surface area (Å²) in [4.78, 5) is 0.441. The largest absolute Gasteiger partial charge is 0.416 e. The van der Waals surface area contributed by atoms with Gasteiger partial charge in [-0.1, -0.05) is 45.0 Å². The molecule has 0 atom stereocenters. The lowest BCUT2D eigenvalue weighted by Crippen LogP contribution is -2.36. The van der Waals surface area contributed by atoms with Crippen molar-refractivity contribution in [3.8, 4) is 0 Å². The number of benzene rings is 2. The van der Waals surface area contributed by atoms with E-state index in [4.69, 9.17) is 4.43 Å². The second-order valence-electron chi connectivity index (χ2n) is 6.41. The first-order valence-corrected chi connectivity index (χ1v) is 12.7. The summed E-state index contributed by atoms with van der Waals surface area (Å²) in [7, 11) is -5.11. The summed E-state index contributed by atoms with van der Waals surface area (Å²) in [6.07, 6.45) is 0.634. The first kappa shape index (κ1) is 17.4. The SMILES string of the molecule is CC[Si](CC)(CC)OCCc1ccc2cccc3c2c1S(=O)(=O)N3. The van der Waals surface area contributed by atoms with Crippen LogP contribution in [-0.4, -0.2) is 23.3 Å². The molecule has 0 saturated carbocycles. The maximum Gasteiger partial charge on any atom is 0.262 e. The Morgan fingerprint density at radius 2 is 1.75 bits per heavy atom. The molecule has 0 radical (unpaired) electrons. The van der Waals surface area contributed by atoms with E-state index in [0.29, 0.717) is 23.6 Å². The molecular weight excluding hydrogens is 338 g/mol. The highest BCUT2D eigenvalue weighted by Gasteiger charge is 2.31. The van der Waals surface area contributed by atoms with E-state index in [0.717, 1.165) is 34.5 Å². The lowest BCUT2D eigenvalue weighted by molar-refractivity contribution is 0.303. The second kappa shape index (κ2) is 6.50. The highest BCUT2D eigenvalue weighted by atomic mass is 32.2. The van der Waals surface area contributed by atoms with Gasteiger partial charge in [0.25, 0.3) is 10.0 Å². The summed E-state index contributed by atoms with van der Waals surface area (Å²) in [5.74, 6) is 0. The highest BCUT2D eigenvalue weighted by molar-refractivity contribution is 7.93. The molecule has 0 unspecified atom stereocenters. The van der Waals surface area contributed by atoms with Gasteiger partial charge in [-0.25, -0.2) is 8.42 Å². The van der Waals surface area contributed by atoms with Crippen LogP contribution in [0.4, 0.5) is 5.69 Å². The second-order valence-corrected chi connectivity index (χ2v) is 12.8. The van der Waals surface area contributed by atoms with Crippen molar-refractivity contribution in [2.24, 2.45) is 0 Å². The van der Waals surface area contributed by atoms with Gasteiger partial charge in [0.1, 0.15) is 4.90 Å². The van der Waals surface area contributed by atoms with Crippen molar-refractivity contribution in [3.63, 3.8) is 0 Å². The molecule has 0 aromatic heterocycles. The van der Waals surface area contributed by atoms with Crippen LogP contribution in [0.15, 0.2) is 35.2 Å². The van der Waals surface area contributed by atoms with E-state index >= 15 is 0 Å². The van der Waals surface area contributed by atoms with Gasteiger partial charge in [-0.3, -0.25) is 4.72 Å². The van der Waals surface area contributed by atoms with E-state index in [-0.39, 0.29) is 0 Å². The maximum absolute atomic E-state index is 12.5. The Morgan fingerprint density at radius 1 is 1.04 bits per heavy atom. The van der Waals surface area contributed by atoms with Gasteiger partial charge in [-0.05, 0) is 41.6 Å². The van der Waals surface area contributed by atoms with Crippen LogP contribution in [0.2, 0.25) is 18.1 Å². The molecule has 1 aliphatic rings. The molecule has 3 rings (SSSR count). The van der Waals surface area contributed by atoms with Gasteiger partial charge < -0.3 is 4.43 Å². The summed E-state index contributed by atoms with van der Waals surface area (Å²) in [6, 6.07) is 12.9. The zero-order valence-corrected chi connectivity index (χ0v) is 16.4. The van der Waals surface area contributed by atoms with Crippen molar-refractivity contribution in [1.82, 2.24) is 0 Å². The van der Waals surface area contributed by atoms with Gasteiger partial charge in [0.15, 0.2) is 8.32 Å². The summed E-state index contributed by atoms with van der Waals surface area (Å²) in [6.45, 7) is 7.21. The quantitative estimate of drug-likeness (QED) is 0.736. The predicted molar refractivity (Wildman–Crippen MR) is 102 cm³/mol. The lowest BCUT2D eigenvalue weighted by Gasteiger charge is -2.28. The number of anilines is 1. The number of rotatable bonds is 7. The summed E-state index contributed by atoms with van der Waals surface area (Å²) < 4.78 is 34.0. The highest BCUT2D eigenvalue weighted by Crippen LogP contribution is 2.39. The van der Waals surface area contributed by atoms with Crippen LogP contribution >= 0.6 is 0 Å². The molecule has 130 valence electrons. The molecule has 0 aliphatic carbocycles. The standard InChI is InChI=1S/C18H25NO3SSi/c1-4-24(5-2,6-3)22-13-12-15-11-10-14-8-7-9-16-17(14)18(15)23(20,21)19-16/h7-11,19H,4-6,12-13H2,1-3H3. The Balaban J connectivity index is 1.91.